The zero-order valence-corrected chi connectivity index (χ0v) is 11.8. The number of hydrogen-bond donors (Lipinski definition) is 1. The van der Waals surface area contributed by atoms with Gasteiger partial charge in [0.2, 0.25) is 10.0 Å². The zero-order valence-electron chi connectivity index (χ0n) is 9.39. The first-order valence-corrected chi connectivity index (χ1v) is 7.96. The van der Waals surface area contributed by atoms with Crippen LogP contribution in [0.2, 0.25) is 0 Å². The quantitative estimate of drug-likeness (QED) is 0.855. The number of hydrogen-bond acceptors (Lipinski definition) is 3. The molecular formula is C11H15BrN2O2S. The van der Waals surface area contributed by atoms with Crippen molar-refractivity contribution in [2.45, 2.75) is 6.42 Å². The van der Waals surface area contributed by atoms with Gasteiger partial charge in [0.25, 0.3) is 0 Å². The molecule has 0 amide bonds. The van der Waals surface area contributed by atoms with Gasteiger partial charge in [0.1, 0.15) is 0 Å². The van der Waals surface area contributed by atoms with E-state index in [0.717, 1.165) is 16.7 Å². The lowest BCUT2D eigenvalue weighted by molar-refractivity contribution is 0.572. The highest BCUT2D eigenvalue weighted by atomic mass is 79.9. The van der Waals surface area contributed by atoms with Crippen LogP contribution in [0.4, 0.5) is 5.69 Å². The third kappa shape index (κ3) is 3.20. The first kappa shape index (κ1) is 12.9. The van der Waals surface area contributed by atoms with Gasteiger partial charge in [0.05, 0.1) is 11.4 Å². The third-order valence-corrected chi connectivity index (χ3v) is 5.10. The molecule has 0 unspecified atom stereocenters. The number of nitrogens with one attached hydrogen (secondary N) is 1. The summed E-state index contributed by atoms with van der Waals surface area (Å²) in [7, 11) is -3.17. The van der Waals surface area contributed by atoms with Gasteiger partial charge in [-0.05, 0) is 37.2 Å². The Morgan fingerprint density at radius 3 is 2.59 bits per heavy atom. The van der Waals surface area contributed by atoms with E-state index in [2.05, 4.69) is 21.2 Å². The second kappa shape index (κ2) is 5.37. The van der Waals surface area contributed by atoms with Gasteiger partial charge in [0.15, 0.2) is 0 Å². The number of rotatable bonds is 1. The number of sulfonamides is 1. The number of anilines is 1. The van der Waals surface area contributed by atoms with E-state index in [0.29, 0.717) is 19.5 Å². The summed E-state index contributed by atoms with van der Waals surface area (Å²) in [6, 6.07) is 7.36. The second-order valence-corrected chi connectivity index (χ2v) is 6.90. The summed E-state index contributed by atoms with van der Waals surface area (Å²) in [5.74, 6) is 0.204. The minimum atomic E-state index is -3.17. The third-order valence-electron chi connectivity index (χ3n) is 2.70. The topological polar surface area (TPSA) is 49.4 Å². The number of nitrogens with zero attached hydrogens (tertiary/aromatic N) is 1. The SMILES string of the molecule is O=S1(=O)CCCNCCN1c1ccc(Br)cc1. The highest BCUT2D eigenvalue weighted by Crippen LogP contribution is 2.21. The number of halogens is 1. The molecule has 0 spiro atoms. The Kier molecular flexibility index (Phi) is 4.06. The fraction of sp³-hybridized carbons (Fsp3) is 0.455. The molecule has 1 N–H and O–H groups in total. The molecule has 17 heavy (non-hydrogen) atoms. The Labute approximate surface area is 110 Å². The minimum Gasteiger partial charge on any atom is -0.315 e. The van der Waals surface area contributed by atoms with Gasteiger partial charge in [0, 0.05) is 17.6 Å². The van der Waals surface area contributed by atoms with E-state index in [1.165, 1.54) is 4.31 Å². The molecule has 1 heterocycles. The van der Waals surface area contributed by atoms with E-state index in [9.17, 15) is 8.42 Å². The van der Waals surface area contributed by atoms with Gasteiger partial charge in [-0.1, -0.05) is 15.9 Å². The maximum atomic E-state index is 12.1. The average molecular weight is 319 g/mol. The van der Waals surface area contributed by atoms with Crippen LogP contribution in [0.25, 0.3) is 0 Å². The number of benzene rings is 1. The summed E-state index contributed by atoms with van der Waals surface area (Å²) in [6.07, 6.45) is 0.662. The molecule has 1 saturated heterocycles. The van der Waals surface area contributed by atoms with Crippen LogP contribution >= 0.6 is 15.9 Å². The van der Waals surface area contributed by atoms with Crippen molar-refractivity contribution in [1.82, 2.24) is 5.32 Å². The smallest absolute Gasteiger partial charge is 0.235 e. The van der Waals surface area contributed by atoms with Crippen LogP contribution < -0.4 is 9.62 Å². The predicted octanol–water partition coefficient (Wildman–Crippen LogP) is 1.58. The molecule has 0 aromatic heterocycles. The Bertz CT molecular complexity index is 473. The van der Waals surface area contributed by atoms with Gasteiger partial charge in [-0.3, -0.25) is 4.31 Å². The highest BCUT2D eigenvalue weighted by molar-refractivity contribution is 9.10. The standard InChI is InChI=1S/C11H15BrN2O2S/c12-10-2-4-11(5-3-10)14-8-7-13-6-1-9-17(14,15)16/h2-5,13H,1,6-9H2. The highest BCUT2D eigenvalue weighted by Gasteiger charge is 2.23. The summed E-state index contributed by atoms with van der Waals surface area (Å²) < 4.78 is 26.7. The van der Waals surface area contributed by atoms with Gasteiger partial charge in [-0.25, -0.2) is 8.42 Å². The van der Waals surface area contributed by atoms with E-state index in [1.807, 2.05) is 24.3 Å². The Hall–Kier alpha value is -0.590. The van der Waals surface area contributed by atoms with Gasteiger partial charge in [-0.2, -0.15) is 0 Å². The van der Waals surface area contributed by atoms with Gasteiger partial charge in [-0.15, -0.1) is 0 Å². The lowest BCUT2D eigenvalue weighted by Gasteiger charge is -2.26. The molecule has 6 heteroatoms. The monoisotopic (exact) mass is 318 g/mol. The molecule has 0 aliphatic carbocycles. The van der Waals surface area contributed by atoms with Crippen LogP contribution in [0.5, 0.6) is 0 Å². The Morgan fingerprint density at radius 2 is 1.88 bits per heavy atom. The Balaban J connectivity index is 2.29. The van der Waals surface area contributed by atoms with Crippen molar-refractivity contribution in [2.75, 3.05) is 29.7 Å². The second-order valence-electron chi connectivity index (χ2n) is 3.97. The lowest BCUT2D eigenvalue weighted by atomic mass is 10.3. The van der Waals surface area contributed by atoms with Crippen molar-refractivity contribution in [3.63, 3.8) is 0 Å². The zero-order chi connectivity index (χ0) is 12.3. The lowest BCUT2D eigenvalue weighted by Crippen LogP contribution is -2.41. The minimum absolute atomic E-state index is 0.204. The maximum absolute atomic E-state index is 12.1. The summed E-state index contributed by atoms with van der Waals surface area (Å²) in [5.41, 5.74) is 0.733. The van der Waals surface area contributed by atoms with Crippen LogP contribution in [0.1, 0.15) is 6.42 Å². The van der Waals surface area contributed by atoms with E-state index in [4.69, 9.17) is 0 Å². The van der Waals surface area contributed by atoms with Gasteiger partial charge < -0.3 is 5.32 Å². The molecule has 1 fully saturated rings. The molecule has 1 aliphatic rings. The Morgan fingerprint density at radius 1 is 1.18 bits per heavy atom. The van der Waals surface area contributed by atoms with E-state index in [-0.39, 0.29) is 5.75 Å². The summed E-state index contributed by atoms with van der Waals surface area (Å²) in [5, 5.41) is 3.22. The summed E-state index contributed by atoms with van der Waals surface area (Å²) in [4.78, 5) is 0. The van der Waals surface area contributed by atoms with E-state index in [1.54, 1.807) is 0 Å². The first-order valence-electron chi connectivity index (χ1n) is 5.56. The van der Waals surface area contributed by atoms with Crippen LogP contribution in [0.3, 0.4) is 0 Å². The van der Waals surface area contributed by atoms with Crippen LogP contribution in [0, 0.1) is 0 Å². The van der Waals surface area contributed by atoms with Crippen LogP contribution in [-0.2, 0) is 10.0 Å². The van der Waals surface area contributed by atoms with Gasteiger partial charge >= 0.3 is 0 Å². The van der Waals surface area contributed by atoms with Crippen molar-refractivity contribution in [1.29, 1.82) is 0 Å². The molecule has 94 valence electrons. The van der Waals surface area contributed by atoms with Crippen molar-refractivity contribution in [3.05, 3.63) is 28.7 Å². The van der Waals surface area contributed by atoms with Crippen LogP contribution in [-0.4, -0.2) is 33.8 Å². The molecule has 0 radical (unpaired) electrons. The predicted molar refractivity (Wildman–Crippen MR) is 72.8 cm³/mol. The molecule has 1 aliphatic heterocycles. The van der Waals surface area contributed by atoms with Crippen LogP contribution in [0.15, 0.2) is 28.7 Å². The maximum Gasteiger partial charge on any atom is 0.235 e. The largest absolute Gasteiger partial charge is 0.315 e. The molecule has 1 aromatic carbocycles. The normalized spacial score (nSPS) is 20.6. The summed E-state index contributed by atoms with van der Waals surface area (Å²) >= 11 is 3.35. The molecular weight excluding hydrogens is 304 g/mol. The molecule has 4 nitrogen and oxygen atoms in total. The summed E-state index contributed by atoms with van der Waals surface area (Å²) in [6.45, 7) is 1.95. The van der Waals surface area contributed by atoms with E-state index < -0.39 is 10.0 Å². The van der Waals surface area contributed by atoms with E-state index >= 15 is 0 Å². The molecule has 0 bridgehead atoms. The molecule has 1 aromatic rings. The van der Waals surface area contributed by atoms with Crippen molar-refractivity contribution in [3.8, 4) is 0 Å². The average Bonchev–Trinajstić information content (AvgIpc) is 2.27. The molecule has 0 atom stereocenters. The molecule has 0 saturated carbocycles. The fourth-order valence-corrected chi connectivity index (χ4v) is 3.64. The van der Waals surface area contributed by atoms with Crippen molar-refractivity contribution in [2.24, 2.45) is 0 Å². The fourth-order valence-electron chi connectivity index (χ4n) is 1.83. The van der Waals surface area contributed by atoms with Crippen molar-refractivity contribution < 1.29 is 8.42 Å². The first-order chi connectivity index (χ1) is 8.09. The van der Waals surface area contributed by atoms with Crippen molar-refractivity contribution >= 4 is 31.6 Å². The molecule has 2 rings (SSSR count).